The highest BCUT2D eigenvalue weighted by molar-refractivity contribution is 6.33. The molecule has 2 heterocycles. The molecule has 4 rings (SSSR count). The summed E-state index contributed by atoms with van der Waals surface area (Å²) in [7, 11) is 3.89. The Morgan fingerprint density at radius 3 is 2.40 bits per heavy atom. The fourth-order valence-electron chi connectivity index (χ4n) is 3.75. The number of carbonyl (C=O) groups is 1. The lowest BCUT2D eigenvalue weighted by atomic mass is 10.1. The van der Waals surface area contributed by atoms with Crippen molar-refractivity contribution in [1.82, 2.24) is 24.2 Å². The summed E-state index contributed by atoms with van der Waals surface area (Å²) in [6.07, 6.45) is 0. The third-order valence-electron chi connectivity index (χ3n) is 5.61. The molecule has 7 heteroatoms. The Morgan fingerprint density at radius 2 is 1.73 bits per heavy atom. The van der Waals surface area contributed by atoms with Gasteiger partial charge in [0.1, 0.15) is 5.82 Å². The molecule has 0 bridgehead atoms. The van der Waals surface area contributed by atoms with Crippen molar-refractivity contribution >= 4 is 28.5 Å². The molecule has 2 aromatic carbocycles. The number of aryl methyl sites for hydroxylation is 3. The van der Waals surface area contributed by atoms with Crippen LogP contribution in [0.25, 0.3) is 11.0 Å². The normalized spacial score (nSPS) is 11.2. The van der Waals surface area contributed by atoms with Crippen molar-refractivity contribution in [2.75, 3.05) is 0 Å². The molecule has 30 heavy (non-hydrogen) atoms. The van der Waals surface area contributed by atoms with E-state index >= 15 is 0 Å². The van der Waals surface area contributed by atoms with Gasteiger partial charge in [-0.3, -0.25) is 9.48 Å². The third-order valence-corrected chi connectivity index (χ3v) is 5.94. The first kappa shape index (κ1) is 20.2. The fourth-order valence-corrected chi connectivity index (χ4v) is 3.97. The van der Waals surface area contributed by atoms with E-state index in [-0.39, 0.29) is 5.91 Å². The van der Waals surface area contributed by atoms with E-state index in [1.807, 2.05) is 73.6 Å². The number of hydrogen-bond donors (Lipinski definition) is 0. The van der Waals surface area contributed by atoms with E-state index in [4.69, 9.17) is 16.6 Å². The van der Waals surface area contributed by atoms with Crippen LogP contribution >= 0.6 is 11.6 Å². The highest BCUT2D eigenvalue weighted by atomic mass is 35.5. The Balaban J connectivity index is 1.75. The van der Waals surface area contributed by atoms with E-state index in [1.54, 1.807) is 17.0 Å². The summed E-state index contributed by atoms with van der Waals surface area (Å²) in [5.41, 5.74) is 5.42. The minimum absolute atomic E-state index is 0.129. The average molecular weight is 422 g/mol. The molecule has 1 amide bonds. The Bertz CT molecular complexity index is 1240. The van der Waals surface area contributed by atoms with Gasteiger partial charge in [0.2, 0.25) is 0 Å². The number of hydrogen-bond acceptors (Lipinski definition) is 3. The minimum Gasteiger partial charge on any atom is -0.330 e. The summed E-state index contributed by atoms with van der Waals surface area (Å²) < 4.78 is 3.88. The number of para-hydroxylation sites is 2. The molecule has 0 fully saturated rings. The second kappa shape index (κ2) is 7.95. The van der Waals surface area contributed by atoms with Gasteiger partial charge in [-0.2, -0.15) is 5.10 Å². The predicted molar refractivity (Wildman–Crippen MR) is 118 cm³/mol. The number of halogens is 1. The van der Waals surface area contributed by atoms with Crippen molar-refractivity contribution < 1.29 is 4.79 Å². The summed E-state index contributed by atoms with van der Waals surface area (Å²) in [6.45, 7) is 4.78. The molecule has 4 aromatic rings. The molecule has 2 aromatic heterocycles. The molecule has 0 aliphatic carbocycles. The fraction of sp³-hybridized carbons (Fsp3) is 0.261. The minimum atomic E-state index is -0.129. The maximum Gasteiger partial charge on any atom is 0.256 e. The van der Waals surface area contributed by atoms with Crippen LogP contribution < -0.4 is 0 Å². The molecule has 0 unspecified atom stereocenters. The summed E-state index contributed by atoms with van der Waals surface area (Å²) in [4.78, 5) is 20.1. The molecule has 6 nitrogen and oxygen atoms in total. The van der Waals surface area contributed by atoms with Gasteiger partial charge >= 0.3 is 0 Å². The van der Waals surface area contributed by atoms with Gasteiger partial charge in [-0.15, -0.1) is 0 Å². The van der Waals surface area contributed by atoms with E-state index in [0.29, 0.717) is 23.7 Å². The zero-order valence-electron chi connectivity index (χ0n) is 17.6. The van der Waals surface area contributed by atoms with Gasteiger partial charge in [0.05, 0.1) is 40.4 Å². The lowest BCUT2D eigenvalue weighted by Crippen LogP contribution is -2.31. The molecule has 0 spiro atoms. The van der Waals surface area contributed by atoms with Gasteiger partial charge in [0.15, 0.2) is 0 Å². The quantitative estimate of drug-likeness (QED) is 0.479. The topological polar surface area (TPSA) is 56.0 Å². The molecule has 0 saturated heterocycles. The highest BCUT2D eigenvalue weighted by Crippen LogP contribution is 2.23. The van der Waals surface area contributed by atoms with Crippen LogP contribution in [0.2, 0.25) is 5.02 Å². The summed E-state index contributed by atoms with van der Waals surface area (Å²) in [5, 5.41) is 4.95. The van der Waals surface area contributed by atoms with Gasteiger partial charge < -0.3 is 9.47 Å². The van der Waals surface area contributed by atoms with Gasteiger partial charge in [0.25, 0.3) is 5.91 Å². The Labute approximate surface area is 180 Å². The Kier molecular flexibility index (Phi) is 5.35. The summed E-state index contributed by atoms with van der Waals surface area (Å²) in [6, 6.07) is 15.1. The Hall–Kier alpha value is -3.12. The maximum absolute atomic E-state index is 13.5. The van der Waals surface area contributed by atoms with Crippen molar-refractivity contribution in [2.45, 2.75) is 26.9 Å². The maximum atomic E-state index is 13.5. The lowest BCUT2D eigenvalue weighted by molar-refractivity contribution is 0.0724. The molecule has 0 aliphatic heterocycles. The van der Waals surface area contributed by atoms with Crippen LogP contribution in [0.1, 0.15) is 33.1 Å². The van der Waals surface area contributed by atoms with E-state index in [1.165, 1.54) is 0 Å². The molecule has 0 radical (unpaired) electrons. The van der Waals surface area contributed by atoms with Crippen LogP contribution in [0, 0.1) is 13.8 Å². The number of imidazole rings is 1. The Morgan fingerprint density at radius 1 is 1.03 bits per heavy atom. The molecule has 0 N–H and O–H groups in total. The number of nitrogens with zero attached hydrogens (tertiary/aromatic N) is 5. The van der Waals surface area contributed by atoms with E-state index in [2.05, 4.69) is 5.10 Å². The first-order valence-electron chi connectivity index (χ1n) is 9.80. The average Bonchev–Trinajstić information content (AvgIpc) is 3.17. The van der Waals surface area contributed by atoms with Crippen molar-refractivity contribution in [2.24, 2.45) is 14.1 Å². The number of carbonyl (C=O) groups excluding carboxylic acids is 1. The SMILES string of the molecule is Cc1nn(C)c(C)c1CN(Cc1nc2ccccc2n1C)C(=O)c1ccccc1Cl. The van der Waals surface area contributed by atoms with Crippen LogP contribution in [0.4, 0.5) is 0 Å². The lowest BCUT2D eigenvalue weighted by Gasteiger charge is -2.23. The molecule has 0 atom stereocenters. The molecule has 0 saturated carbocycles. The van der Waals surface area contributed by atoms with E-state index in [9.17, 15) is 4.79 Å². The number of rotatable bonds is 5. The second-order valence-corrected chi connectivity index (χ2v) is 7.90. The third kappa shape index (κ3) is 3.59. The summed E-state index contributed by atoms with van der Waals surface area (Å²) in [5.74, 6) is 0.686. The van der Waals surface area contributed by atoms with Crippen molar-refractivity contribution in [3.8, 4) is 0 Å². The number of aromatic nitrogens is 4. The molecule has 154 valence electrons. The van der Waals surface area contributed by atoms with Crippen molar-refractivity contribution in [3.05, 3.63) is 81.9 Å². The highest BCUT2D eigenvalue weighted by Gasteiger charge is 2.23. The van der Waals surface area contributed by atoms with Crippen LogP contribution in [0.15, 0.2) is 48.5 Å². The number of fused-ring (bicyclic) bond motifs is 1. The van der Waals surface area contributed by atoms with E-state index in [0.717, 1.165) is 33.8 Å². The second-order valence-electron chi connectivity index (χ2n) is 7.49. The zero-order valence-corrected chi connectivity index (χ0v) is 18.3. The van der Waals surface area contributed by atoms with Crippen LogP contribution in [0.3, 0.4) is 0 Å². The van der Waals surface area contributed by atoms with Gasteiger partial charge in [0, 0.05) is 25.4 Å². The van der Waals surface area contributed by atoms with Gasteiger partial charge in [-0.25, -0.2) is 4.98 Å². The number of benzene rings is 2. The standard InChI is InChI=1S/C23H24ClN5O/c1-15-18(16(2)28(4)26-15)13-29(23(30)17-9-5-6-10-19(17)24)14-22-25-20-11-7-8-12-21(20)27(22)3/h5-12H,13-14H2,1-4H3. The monoisotopic (exact) mass is 421 g/mol. The van der Waals surface area contributed by atoms with Crippen LogP contribution in [-0.2, 0) is 27.2 Å². The smallest absolute Gasteiger partial charge is 0.256 e. The summed E-state index contributed by atoms with van der Waals surface area (Å²) >= 11 is 6.35. The van der Waals surface area contributed by atoms with E-state index < -0.39 is 0 Å². The van der Waals surface area contributed by atoms with Gasteiger partial charge in [-0.05, 0) is 38.1 Å². The zero-order chi connectivity index (χ0) is 21.4. The molecular formula is C23H24ClN5O. The first-order chi connectivity index (χ1) is 14.4. The van der Waals surface area contributed by atoms with Crippen molar-refractivity contribution in [1.29, 1.82) is 0 Å². The first-order valence-corrected chi connectivity index (χ1v) is 10.2. The van der Waals surface area contributed by atoms with Crippen molar-refractivity contribution in [3.63, 3.8) is 0 Å². The predicted octanol–water partition coefficient (Wildman–Crippen LogP) is 4.42. The van der Waals surface area contributed by atoms with Gasteiger partial charge in [-0.1, -0.05) is 35.9 Å². The van der Waals surface area contributed by atoms with Crippen LogP contribution in [-0.4, -0.2) is 30.1 Å². The molecule has 0 aliphatic rings. The largest absolute Gasteiger partial charge is 0.330 e. The molecular weight excluding hydrogens is 398 g/mol. The van der Waals surface area contributed by atoms with Crippen LogP contribution in [0.5, 0.6) is 0 Å². The number of amides is 1.